The van der Waals surface area contributed by atoms with E-state index in [1.165, 1.54) is 0 Å². The van der Waals surface area contributed by atoms with Crippen molar-refractivity contribution in [3.05, 3.63) is 101 Å². The first-order valence-electron chi connectivity index (χ1n) is 14.0. The topological polar surface area (TPSA) is 94.0 Å². The van der Waals surface area contributed by atoms with E-state index in [0.29, 0.717) is 75.1 Å². The highest BCUT2D eigenvalue weighted by Crippen LogP contribution is 2.29. The maximum atomic E-state index is 13.1. The Morgan fingerprint density at radius 2 is 1.55 bits per heavy atom. The van der Waals surface area contributed by atoms with Gasteiger partial charge in [0.15, 0.2) is 0 Å². The van der Waals surface area contributed by atoms with Crippen LogP contribution in [-0.2, 0) is 14.2 Å². The molecule has 0 fully saturated rings. The smallest absolute Gasteiger partial charge is 0.258 e. The van der Waals surface area contributed by atoms with Crippen LogP contribution in [-0.4, -0.2) is 82.4 Å². The van der Waals surface area contributed by atoms with E-state index in [-0.39, 0.29) is 11.8 Å². The molecule has 1 unspecified atom stereocenters. The molecule has 10 heteroatoms. The summed E-state index contributed by atoms with van der Waals surface area (Å²) in [6, 6.07) is 24.7. The van der Waals surface area contributed by atoms with Gasteiger partial charge in [-0.15, -0.1) is 0 Å². The second-order valence-electron chi connectivity index (χ2n) is 9.33. The summed E-state index contributed by atoms with van der Waals surface area (Å²) in [6.45, 7) is 6.15. The third-order valence-corrected chi connectivity index (χ3v) is 6.75. The minimum Gasteiger partial charge on any atom is -0.491 e. The van der Waals surface area contributed by atoms with Gasteiger partial charge in [-0.1, -0.05) is 54.1 Å². The number of carbonyl (C=O) groups excluding carboxylic acids is 1. The molecule has 9 nitrogen and oxygen atoms in total. The van der Waals surface area contributed by atoms with Gasteiger partial charge in [-0.2, -0.15) is 5.10 Å². The maximum absolute atomic E-state index is 13.1. The highest BCUT2D eigenvalue weighted by atomic mass is 35.5. The zero-order chi connectivity index (χ0) is 29.6. The molecule has 1 atom stereocenters. The maximum Gasteiger partial charge on any atom is 0.258 e. The summed E-state index contributed by atoms with van der Waals surface area (Å²) in [5.74, 6) is 0.717. The lowest BCUT2D eigenvalue weighted by molar-refractivity contribution is 0.0114. The van der Waals surface area contributed by atoms with E-state index in [9.17, 15) is 4.79 Å². The van der Waals surface area contributed by atoms with E-state index in [0.717, 1.165) is 16.8 Å². The summed E-state index contributed by atoms with van der Waals surface area (Å²) in [5.41, 5.74) is 3.45. The van der Waals surface area contributed by atoms with Crippen LogP contribution in [0.25, 0.3) is 0 Å². The number of guanidine groups is 1. The highest BCUT2D eigenvalue weighted by molar-refractivity contribution is 6.30. The van der Waals surface area contributed by atoms with Crippen LogP contribution in [0.15, 0.2) is 89.0 Å². The minimum atomic E-state index is -0.291. The number of nitrogens with one attached hydrogen (secondary N) is 1. The molecule has 222 valence electrons. The summed E-state index contributed by atoms with van der Waals surface area (Å²) in [7, 11) is 1.63. The molecule has 1 N–H and O–H groups in total. The largest absolute Gasteiger partial charge is 0.491 e. The fourth-order valence-corrected chi connectivity index (χ4v) is 4.50. The van der Waals surface area contributed by atoms with E-state index in [1.54, 1.807) is 36.3 Å². The third-order valence-electron chi connectivity index (χ3n) is 6.50. The fourth-order valence-electron chi connectivity index (χ4n) is 4.38. The van der Waals surface area contributed by atoms with Gasteiger partial charge in [0.25, 0.3) is 5.91 Å². The number of ether oxygens (including phenoxy) is 4. The Bertz CT molecular complexity index is 1320. The number of aliphatic imine (C=N–C) groups is 1. The Kier molecular flexibility index (Phi) is 12.3. The van der Waals surface area contributed by atoms with Crippen molar-refractivity contribution in [3.8, 4) is 5.75 Å². The van der Waals surface area contributed by atoms with Crippen LogP contribution in [0.5, 0.6) is 5.75 Å². The second-order valence-corrected chi connectivity index (χ2v) is 9.77. The first-order chi connectivity index (χ1) is 20.6. The van der Waals surface area contributed by atoms with Gasteiger partial charge in [-0.3, -0.25) is 15.1 Å². The first-order valence-corrected chi connectivity index (χ1v) is 14.4. The van der Waals surface area contributed by atoms with Gasteiger partial charge in [-0.05, 0) is 54.4 Å². The molecule has 0 aliphatic carbocycles. The zero-order valence-corrected chi connectivity index (χ0v) is 24.8. The molecule has 3 aromatic rings. The molecule has 0 bridgehead atoms. The van der Waals surface area contributed by atoms with Gasteiger partial charge in [0.2, 0.25) is 5.96 Å². The van der Waals surface area contributed by atoms with Crippen molar-refractivity contribution in [2.45, 2.75) is 12.8 Å². The predicted octanol–water partition coefficient (Wildman–Crippen LogP) is 5.01. The average Bonchev–Trinajstić information content (AvgIpc) is 3.47. The summed E-state index contributed by atoms with van der Waals surface area (Å²) < 4.78 is 21.9. The van der Waals surface area contributed by atoms with Crippen LogP contribution in [0.1, 0.15) is 34.3 Å². The van der Waals surface area contributed by atoms with Gasteiger partial charge < -0.3 is 18.9 Å². The minimum absolute atomic E-state index is 0.00522. The second kappa shape index (κ2) is 16.6. The Labute approximate surface area is 252 Å². The highest BCUT2D eigenvalue weighted by Gasteiger charge is 2.32. The summed E-state index contributed by atoms with van der Waals surface area (Å²) >= 11 is 6.13. The van der Waals surface area contributed by atoms with Gasteiger partial charge in [0.1, 0.15) is 12.4 Å². The third kappa shape index (κ3) is 9.12. The molecule has 0 saturated carbocycles. The van der Waals surface area contributed by atoms with Crippen molar-refractivity contribution >= 4 is 29.2 Å². The van der Waals surface area contributed by atoms with Crippen LogP contribution in [0.2, 0.25) is 5.02 Å². The molecular formula is C32H37ClN4O5. The van der Waals surface area contributed by atoms with Crippen molar-refractivity contribution in [1.29, 1.82) is 0 Å². The van der Waals surface area contributed by atoms with E-state index in [2.05, 4.69) is 22.4 Å². The van der Waals surface area contributed by atoms with Crippen LogP contribution >= 0.6 is 11.6 Å². The molecule has 1 aliphatic rings. The number of halogens is 1. The number of amides is 1. The lowest BCUT2D eigenvalue weighted by Gasteiger charge is -2.18. The van der Waals surface area contributed by atoms with Gasteiger partial charge in [0.05, 0.1) is 45.3 Å². The lowest BCUT2D eigenvalue weighted by atomic mass is 9.91. The number of benzene rings is 3. The van der Waals surface area contributed by atoms with Crippen molar-refractivity contribution in [1.82, 2.24) is 10.3 Å². The Balaban J connectivity index is 1.30. The van der Waals surface area contributed by atoms with Gasteiger partial charge >= 0.3 is 0 Å². The van der Waals surface area contributed by atoms with Crippen LogP contribution in [0.3, 0.4) is 0 Å². The molecule has 0 saturated heterocycles. The number of hydrogen-bond donors (Lipinski definition) is 1. The summed E-state index contributed by atoms with van der Waals surface area (Å²) in [6.07, 6.45) is 0. The lowest BCUT2D eigenvalue weighted by Crippen LogP contribution is -2.41. The standard InChI is InChI=1S/C32H37ClN4O5/c1-3-39-17-18-40-19-20-41-21-22-42-28-15-11-26(12-16-28)31(38)35-32(34-2)37-23-29(24-7-5-4-6-8-24)30(36-37)25-9-13-27(33)14-10-25/h4-16,29H,3,17-23H2,1-2H3,(H,34,35,38). The Hall–Kier alpha value is -3.76. The van der Waals surface area contributed by atoms with Crippen LogP contribution < -0.4 is 10.1 Å². The predicted molar refractivity (Wildman–Crippen MR) is 165 cm³/mol. The average molecular weight is 593 g/mol. The van der Waals surface area contributed by atoms with Crippen molar-refractivity contribution in [3.63, 3.8) is 0 Å². The molecule has 3 aromatic carbocycles. The van der Waals surface area contributed by atoms with Crippen LogP contribution in [0.4, 0.5) is 0 Å². The SMILES string of the molecule is CCOCCOCCOCCOc1ccc(C(=O)NC(=NC)N2CC(c3ccccc3)C(c3ccc(Cl)cc3)=N2)cc1. The molecule has 0 radical (unpaired) electrons. The normalized spacial score (nSPS) is 15.0. The number of carbonyl (C=O) groups is 1. The first kappa shape index (κ1) is 31.2. The van der Waals surface area contributed by atoms with Crippen molar-refractivity contribution in [2.75, 3.05) is 59.8 Å². The monoisotopic (exact) mass is 592 g/mol. The molecule has 0 aromatic heterocycles. The molecule has 1 amide bonds. The van der Waals surface area contributed by atoms with E-state index >= 15 is 0 Å². The summed E-state index contributed by atoms with van der Waals surface area (Å²) in [4.78, 5) is 17.4. The molecule has 0 spiro atoms. The van der Waals surface area contributed by atoms with E-state index in [1.807, 2.05) is 49.4 Å². The number of hydrazone groups is 1. The van der Waals surface area contributed by atoms with E-state index < -0.39 is 0 Å². The van der Waals surface area contributed by atoms with E-state index in [4.69, 9.17) is 35.6 Å². The molecule has 4 rings (SSSR count). The van der Waals surface area contributed by atoms with Crippen LogP contribution in [0, 0.1) is 0 Å². The number of hydrogen-bond acceptors (Lipinski definition) is 7. The molecule has 1 aliphatic heterocycles. The van der Waals surface area contributed by atoms with Crippen molar-refractivity contribution in [2.24, 2.45) is 10.1 Å². The molecule has 1 heterocycles. The number of nitrogens with zero attached hydrogens (tertiary/aromatic N) is 3. The Morgan fingerprint density at radius 3 is 2.19 bits per heavy atom. The summed E-state index contributed by atoms with van der Waals surface area (Å²) in [5, 5.41) is 10.2. The molecule has 42 heavy (non-hydrogen) atoms. The molecular weight excluding hydrogens is 556 g/mol. The fraction of sp³-hybridized carbons (Fsp3) is 0.344. The van der Waals surface area contributed by atoms with Crippen molar-refractivity contribution < 1.29 is 23.7 Å². The van der Waals surface area contributed by atoms with Gasteiger partial charge in [0, 0.05) is 30.2 Å². The number of rotatable bonds is 14. The Morgan fingerprint density at radius 1 is 0.905 bits per heavy atom. The van der Waals surface area contributed by atoms with Gasteiger partial charge in [-0.25, -0.2) is 5.01 Å². The quantitative estimate of drug-likeness (QED) is 0.161. The zero-order valence-electron chi connectivity index (χ0n) is 24.0.